The van der Waals surface area contributed by atoms with E-state index in [0.29, 0.717) is 27.8 Å². The average Bonchev–Trinajstić information content (AvgIpc) is 2.81. The van der Waals surface area contributed by atoms with E-state index in [1.165, 1.54) is 18.2 Å². The molecule has 120 valence electrons. The van der Waals surface area contributed by atoms with Gasteiger partial charge >= 0.3 is 5.69 Å². The Morgan fingerprint density at radius 3 is 2.30 bits per heavy atom. The summed E-state index contributed by atoms with van der Waals surface area (Å²) in [5, 5.41) is 0. The van der Waals surface area contributed by atoms with Crippen LogP contribution in [0.3, 0.4) is 0 Å². The summed E-state index contributed by atoms with van der Waals surface area (Å²) in [7, 11) is -3.93. The van der Waals surface area contributed by atoms with Crippen LogP contribution in [-0.2, 0) is 10.0 Å². The topological polar surface area (TPSA) is 94.8 Å². The minimum absolute atomic E-state index is 0.164. The summed E-state index contributed by atoms with van der Waals surface area (Å²) in [5.74, 6) is -0.588. The number of sulfonamides is 1. The fourth-order valence-corrected chi connectivity index (χ4v) is 3.38. The van der Waals surface area contributed by atoms with E-state index in [-0.39, 0.29) is 10.6 Å². The molecule has 6 nitrogen and oxygen atoms in total. The van der Waals surface area contributed by atoms with Crippen molar-refractivity contribution in [3.63, 3.8) is 0 Å². The van der Waals surface area contributed by atoms with Crippen molar-refractivity contribution in [1.82, 2.24) is 9.97 Å². The summed E-state index contributed by atoms with van der Waals surface area (Å²) in [6, 6.07) is 6.89. The van der Waals surface area contributed by atoms with E-state index < -0.39 is 15.8 Å². The summed E-state index contributed by atoms with van der Waals surface area (Å²) in [4.78, 5) is 16.3. The Hall–Kier alpha value is -2.61. The van der Waals surface area contributed by atoms with Crippen molar-refractivity contribution >= 4 is 26.7 Å². The van der Waals surface area contributed by atoms with Crippen LogP contribution >= 0.6 is 0 Å². The molecule has 0 aliphatic carbocycles. The number of fused-ring (bicyclic) bond motifs is 1. The highest BCUT2D eigenvalue weighted by Crippen LogP contribution is 2.24. The lowest BCUT2D eigenvalue weighted by Crippen LogP contribution is -2.14. The van der Waals surface area contributed by atoms with Gasteiger partial charge in [-0.25, -0.2) is 17.6 Å². The molecule has 8 heteroatoms. The number of aryl methyl sites for hydroxylation is 2. The Balaban J connectivity index is 2.04. The summed E-state index contributed by atoms with van der Waals surface area (Å²) >= 11 is 0. The lowest BCUT2D eigenvalue weighted by molar-refractivity contribution is 0.593. The first-order valence-corrected chi connectivity index (χ1v) is 8.26. The molecule has 0 saturated carbocycles. The van der Waals surface area contributed by atoms with Gasteiger partial charge in [0.05, 0.1) is 21.6 Å². The normalized spacial score (nSPS) is 11.8. The highest BCUT2D eigenvalue weighted by atomic mass is 32.2. The number of nitrogens with one attached hydrogen (secondary N) is 3. The van der Waals surface area contributed by atoms with Crippen LogP contribution in [-0.4, -0.2) is 18.4 Å². The van der Waals surface area contributed by atoms with Crippen LogP contribution in [0.25, 0.3) is 11.0 Å². The van der Waals surface area contributed by atoms with Crippen molar-refractivity contribution in [2.75, 3.05) is 4.72 Å². The van der Waals surface area contributed by atoms with Crippen LogP contribution in [0.2, 0.25) is 0 Å². The molecule has 0 aliphatic rings. The molecule has 2 aromatic carbocycles. The Labute approximate surface area is 131 Å². The predicted molar refractivity (Wildman–Crippen MR) is 85.6 cm³/mol. The number of aromatic amines is 2. The van der Waals surface area contributed by atoms with Gasteiger partial charge in [-0.1, -0.05) is 6.07 Å². The fourth-order valence-electron chi connectivity index (χ4n) is 2.25. The van der Waals surface area contributed by atoms with Crippen molar-refractivity contribution in [2.45, 2.75) is 18.7 Å². The molecule has 1 aromatic heterocycles. The van der Waals surface area contributed by atoms with E-state index in [9.17, 15) is 17.6 Å². The second kappa shape index (κ2) is 5.24. The third kappa shape index (κ3) is 2.85. The zero-order chi connectivity index (χ0) is 16.8. The molecular weight excluding hydrogens is 321 g/mol. The zero-order valence-electron chi connectivity index (χ0n) is 12.4. The number of anilines is 1. The number of benzene rings is 2. The maximum absolute atomic E-state index is 13.6. The minimum Gasteiger partial charge on any atom is -0.306 e. The Kier molecular flexibility index (Phi) is 3.48. The highest BCUT2D eigenvalue weighted by Gasteiger charge is 2.17. The van der Waals surface area contributed by atoms with Crippen LogP contribution in [0.4, 0.5) is 10.1 Å². The molecule has 1 heterocycles. The highest BCUT2D eigenvalue weighted by molar-refractivity contribution is 7.92. The molecule has 3 aromatic rings. The SMILES string of the molecule is Cc1ccc(S(=O)(=O)Nc2cc3[nH]c(=O)[nH]c3cc2C)cc1F. The van der Waals surface area contributed by atoms with E-state index in [4.69, 9.17) is 0 Å². The molecule has 0 amide bonds. The Morgan fingerprint density at radius 2 is 1.65 bits per heavy atom. The summed E-state index contributed by atoms with van der Waals surface area (Å²) < 4.78 is 40.8. The third-order valence-electron chi connectivity index (χ3n) is 3.56. The number of H-pyrrole nitrogens is 2. The number of imidazole rings is 1. The number of aromatic nitrogens is 2. The van der Waals surface area contributed by atoms with Crippen LogP contribution in [0.5, 0.6) is 0 Å². The van der Waals surface area contributed by atoms with Gasteiger partial charge in [-0.2, -0.15) is 0 Å². The molecule has 23 heavy (non-hydrogen) atoms. The molecule has 0 unspecified atom stereocenters. The average molecular weight is 335 g/mol. The maximum Gasteiger partial charge on any atom is 0.323 e. The molecule has 0 spiro atoms. The zero-order valence-corrected chi connectivity index (χ0v) is 13.2. The Bertz CT molecular complexity index is 1070. The van der Waals surface area contributed by atoms with Crippen LogP contribution in [0.1, 0.15) is 11.1 Å². The van der Waals surface area contributed by atoms with Crippen LogP contribution in [0.15, 0.2) is 40.0 Å². The third-order valence-corrected chi connectivity index (χ3v) is 4.92. The summed E-state index contributed by atoms with van der Waals surface area (Å²) in [6.45, 7) is 3.26. The van der Waals surface area contributed by atoms with E-state index >= 15 is 0 Å². The second-order valence-electron chi connectivity index (χ2n) is 5.31. The molecule has 0 atom stereocenters. The predicted octanol–water partition coefficient (Wildman–Crippen LogP) is 2.41. The monoisotopic (exact) mass is 335 g/mol. The quantitative estimate of drug-likeness (QED) is 0.686. The van der Waals surface area contributed by atoms with Gasteiger partial charge in [0.15, 0.2) is 0 Å². The molecule has 0 aliphatic heterocycles. The van der Waals surface area contributed by atoms with Gasteiger partial charge in [-0.3, -0.25) is 4.72 Å². The number of rotatable bonds is 3. The Morgan fingerprint density at radius 1 is 1.00 bits per heavy atom. The van der Waals surface area contributed by atoms with Gasteiger partial charge in [-0.05, 0) is 49.2 Å². The molecule has 3 rings (SSSR count). The van der Waals surface area contributed by atoms with Gasteiger partial charge in [0.2, 0.25) is 0 Å². The number of hydrogen-bond donors (Lipinski definition) is 3. The largest absolute Gasteiger partial charge is 0.323 e. The molecular formula is C15H14FN3O3S. The van der Waals surface area contributed by atoms with Gasteiger partial charge in [0.1, 0.15) is 5.82 Å². The standard InChI is InChI=1S/C15H14FN3O3S/c1-8-3-4-10(6-11(8)16)23(21,22)19-12-7-14-13(5-9(12)2)17-15(20)18-14/h3-7,19H,1-2H3,(H2,17,18,20). The minimum atomic E-state index is -3.93. The van der Waals surface area contributed by atoms with E-state index in [0.717, 1.165) is 6.07 Å². The van der Waals surface area contributed by atoms with E-state index in [1.54, 1.807) is 19.9 Å². The molecule has 0 radical (unpaired) electrons. The summed E-state index contributed by atoms with van der Waals surface area (Å²) in [5.41, 5.74) is 1.99. The van der Waals surface area contributed by atoms with Gasteiger partial charge in [-0.15, -0.1) is 0 Å². The van der Waals surface area contributed by atoms with Gasteiger partial charge in [0.25, 0.3) is 10.0 Å². The first-order valence-electron chi connectivity index (χ1n) is 6.78. The van der Waals surface area contributed by atoms with Crippen molar-refractivity contribution in [3.05, 3.63) is 57.8 Å². The fraction of sp³-hybridized carbons (Fsp3) is 0.133. The molecule has 0 saturated heterocycles. The first-order chi connectivity index (χ1) is 10.8. The first kappa shape index (κ1) is 15.3. The van der Waals surface area contributed by atoms with Crippen molar-refractivity contribution in [3.8, 4) is 0 Å². The summed E-state index contributed by atoms with van der Waals surface area (Å²) in [6.07, 6.45) is 0. The molecule has 0 bridgehead atoms. The molecule has 3 N–H and O–H groups in total. The van der Waals surface area contributed by atoms with E-state index in [2.05, 4.69) is 14.7 Å². The number of halogens is 1. The van der Waals surface area contributed by atoms with Gasteiger partial charge < -0.3 is 9.97 Å². The van der Waals surface area contributed by atoms with Crippen LogP contribution < -0.4 is 10.4 Å². The number of hydrogen-bond acceptors (Lipinski definition) is 3. The lowest BCUT2D eigenvalue weighted by atomic mass is 10.2. The maximum atomic E-state index is 13.6. The smallest absolute Gasteiger partial charge is 0.306 e. The van der Waals surface area contributed by atoms with Gasteiger partial charge in [0, 0.05) is 0 Å². The second-order valence-corrected chi connectivity index (χ2v) is 6.99. The van der Waals surface area contributed by atoms with Crippen LogP contribution in [0, 0.1) is 19.7 Å². The van der Waals surface area contributed by atoms with E-state index in [1.807, 2.05) is 0 Å². The molecule has 0 fully saturated rings. The lowest BCUT2D eigenvalue weighted by Gasteiger charge is -2.11. The van der Waals surface area contributed by atoms with Crippen molar-refractivity contribution < 1.29 is 12.8 Å². The van der Waals surface area contributed by atoms with Crippen molar-refractivity contribution in [2.24, 2.45) is 0 Å². The van der Waals surface area contributed by atoms with Crippen molar-refractivity contribution in [1.29, 1.82) is 0 Å².